The van der Waals surface area contributed by atoms with Gasteiger partial charge in [-0.15, -0.1) is 0 Å². The van der Waals surface area contributed by atoms with Crippen LogP contribution in [0.5, 0.6) is 0 Å². The summed E-state index contributed by atoms with van der Waals surface area (Å²) in [6.07, 6.45) is 3.44. The molecule has 5 heteroatoms. The number of amidine groups is 1. The number of carbonyl (C=O) groups is 1. The fourth-order valence-corrected chi connectivity index (χ4v) is 2.51. The summed E-state index contributed by atoms with van der Waals surface area (Å²) in [7, 11) is 0. The van der Waals surface area contributed by atoms with Crippen LogP contribution in [0.4, 0.5) is 0 Å². The van der Waals surface area contributed by atoms with E-state index in [0.29, 0.717) is 5.56 Å². The fourth-order valence-electron chi connectivity index (χ4n) is 2.51. The zero-order chi connectivity index (χ0) is 17.5. The molecule has 1 aromatic heterocycles. The molecule has 0 bridgehead atoms. The van der Waals surface area contributed by atoms with Crippen molar-refractivity contribution in [1.82, 2.24) is 0 Å². The average Bonchev–Trinajstić information content (AvgIpc) is 2.69. The second-order valence-corrected chi connectivity index (χ2v) is 5.43. The monoisotopic (exact) mass is 332 g/mol. The number of pyridine rings is 1. The van der Waals surface area contributed by atoms with Crippen LogP contribution in [0.25, 0.3) is 0 Å². The molecular weight excluding hydrogens is 314 g/mol. The van der Waals surface area contributed by atoms with Gasteiger partial charge in [-0.2, -0.15) is 0 Å². The Morgan fingerprint density at radius 1 is 0.880 bits per heavy atom. The van der Waals surface area contributed by atoms with E-state index in [9.17, 15) is 4.79 Å². The highest BCUT2D eigenvalue weighted by Crippen LogP contribution is 2.26. The number of benzene rings is 2. The highest BCUT2D eigenvalue weighted by molar-refractivity contribution is 5.97. The number of nitrogens with zero attached hydrogens (tertiary/aromatic N) is 1. The van der Waals surface area contributed by atoms with Crippen molar-refractivity contribution >= 4 is 11.8 Å². The summed E-state index contributed by atoms with van der Waals surface area (Å²) in [5.41, 5.74) is 8.22. The van der Waals surface area contributed by atoms with Crippen molar-refractivity contribution in [3.8, 4) is 0 Å². The molecule has 3 aromatic rings. The third-order valence-corrected chi connectivity index (χ3v) is 3.75. The first-order valence-corrected chi connectivity index (χ1v) is 7.86. The van der Waals surface area contributed by atoms with Gasteiger partial charge >= 0.3 is 5.97 Å². The van der Waals surface area contributed by atoms with Crippen molar-refractivity contribution in [1.29, 1.82) is 0 Å². The number of rotatable bonds is 5. The van der Waals surface area contributed by atoms with E-state index < -0.39 is 11.9 Å². The zero-order valence-electron chi connectivity index (χ0n) is 13.5. The summed E-state index contributed by atoms with van der Waals surface area (Å²) < 4.78 is 0. The predicted molar refractivity (Wildman–Crippen MR) is 94.5 cm³/mol. The number of oxime groups is 1. The number of hydrogen-bond acceptors (Lipinski definition) is 3. The minimum atomic E-state index is -0.567. The van der Waals surface area contributed by atoms with Crippen LogP contribution in [0.15, 0.2) is 90.3 Å². The Morgan fingerprint density at radius 2 is 1.40 bits per heavy atom. The highest BCUT2D eigenvalue weighted by atomic mass is 16.7. The molecule has 1 heterocycles. The molecular formula is C20H18N3O2+. The number of carbonyl (C=O) groups excluding carboxylic acids is 1. The van der Waals surface area contributed by atoms with E-state index in [2.05, 4.69) is 10.1 Å². The number of H-pyrrole nitrogens is 1. The predicted octanol–water partition coefficient (Wildman–Crippen LogP) is 2.50. The molecule has 0 atom stereocenters. The van der Waals surface area contributed by atoms with Gasteiger partial charge in [0.2, 0.25) is 0 Å². The fraction of sp³-hybridized carbons (Fsp3) is 0.0500. The Balaban J connectivity index is 1.85. The Morgan fingerprint density at radius 3 is 1.92 bits per heavy atom. The Labute approximate surface area is 145 Å². The molecule has 5 nitrogen and oxygen atoms in total. The van der Waals surface area contributed by atoms with Crippen molar-refractivity contribution in [2.24, 2.45) is 10.9 Å². The first-order chi connectivity index (χ1) is 12.3. The Bertz CT molecular complexity index is 810. The lowest BCUT2D eigenvalue weighted by Gasteiger charge is -2.14. The second-order valence-electron chi connectivity index (χ2n) is 5.43. The van der Waals surface area contributed by atoms with Crippen LogP contribution < -0.4 is 10.7 Å². The minimum absolute atomic E-state index is 0.141. The molecule has 0 amide bonds. The minimum Gasteiger partial charge on any atom is -0.380 e. The maximum absolute atomic E-state index is 12.7. The van der Waals surface area contributed by atoms with Crippen LogP contribution in [-0.2, 0) is 9.63 Å². The maximum Gasteiger partial charge on any atom is 0.346 e. The standard InChI is InChI=1S/C20H17N3O2/c21-19(17-11-13-22-14-12-17)23-25-20(24)18(15-7-3-1-4-8-15)16-9-5-2-6-10-16/h1-14,18H,(H2,21,23)/p+1. The molecule has 0 saturated carbocycles. The van der Waals surface area contributed by atoms with E-state index in [1.807, 2.05) is 60.7 Å². The van der Waals surface area contributed by atoms with Gasteiger partial charge < -0.3 is 10.6 Å². The van der Waals surface area contributed by atoms with Crippen molar-refractivity contribution in [2.75, 3.05) is 0 Å². The van der Waals surface area contributed by atoms with Crippen LogP contribution >= 0.6 is 0 Å². The average molecular weight is 332 g/mol. The first-order valence-electron chi connectivity index (χ1n) is 7.86. The third-order valence-electron chi connectivity index (χ3n) is 3.75. The molecule has 0 saturated heterocycles. The zero-order valence-corrected chi connectivity index (χ0v) is 13.5. The van der Waals surface area contributed by atoms with Gasteiger partial charge in [0.05, 0.1) is 0 Å². The number of nitrogens with one attached hydrogen (secondary N) is 1. The summed E-state index contributed by atoms with van der Waals surface area (Å²) in [6.45, 7) is 0. The number of hydrogen-bond donors (Lipinski definition) is 1. The van der Waals surface area contributed by atoms with Crippen LogP contribution in [0.1, 0.15) is 22.6 Å². The smallest absolute Gasteiger partial charge is 0.346 e. The van der Waals surface area contributed by atoms with Crippen LogP contribution in [0.3, 0.4) is 0 Å². The number of aromatic nitrogens is 1. The first kappa shape index (κ1) is 16.4. The van der Waals surface area contributed by atoms with Crippen LogP contribution in [0.2, 0.25) is 0 Å². The molecule has 2 aromatic carbocycles. The van der Waals surface area contributed by atoms with Crippen molar-refractivity contribution < 1.29 is 14.6 Å². The summed E-state index contributed by atoms with van der Waals surface area (Å²) in [5, 5.41) is 3.80. The molecule has 0 aliphatic rings. The molecule has 0 fully saturated rings. The van der Waals surface area contributed by atoms with Gasteiger partial charge in [-0.05, 0) is 11.1 Å². The normalized spacial score (nSPS) is 11.3. The molecule has 25 heavy (non-hydrogen) atoms. The topological polar surface area (TPSA) is 78.8 Å². The number of aromatic amines is 1. The lowest BCUT2D eigenvalue weighted by Crippen LogP contribution is -2.19. The summed E-state index contributed by atoms with van der Waals surface area (Å²) in [5.74, 6) is -0.909. The molecule has 0 radical (unpaired) electrons. The SMILES string of the molecule is NC(=NOC(=O)C(c1ccccc1)c1ccccc1)c1cc[nH+]cc1. The quantitative estimate of drug-likeness (QED) is 0.337. The van der Waals surface area contributed by atoms with E-state index >= 15 is 0 Å². The molecule has 0 spiro atoms. The highest BCUT2D eigenvalue weighted by Gasteiger charge is 2.24. The van der Waals surface area contributed by atoms with Crippen LogP contribution in [0, 0.1) is 0 Å². The molecule has 0 aliphatic carbocycles. The van der Waals surface area contributed by atoms with Crippen molar-refractivity contribution in [2.45, 2.75) is 5.92 Å². The van der Waals surface area contributed by atoms with Gasteiger partial charge in [0, 0.05) is 17.7 Å². The lowest BCUT2D eigenvalue weighted by atomic mass is 9.91. The largest absolute Gasteiger partial charge is 0.380 e. The van der Waals surface area contributed by atoms with E-state index in [0.717, 1.165) is 11.1 Å². The number of nitrogens with two attached hydrogens (primary N) is 1. The summed E-state index contributed by atoms with van der Waals surface area (Å²) >= 11 is 0. The van der Waals surface area contributed by atoms with Crippen molar-refractivity contribution in [3.05, 3.63) is 102 Å². The van der Waals surface area contributed by atoms with Gasteiger partial charge in [-0.3, -0.25) is 0 Å². The second kappa shape index (κ2) is 7.88. The molecule has 0 aliphatic heterocycles. The lowest BCUT2D eigenvalue weighted by molar-refractivity contribution is -0.378. The molecule has 3 rings (SSSR count). The van der Waals surface area contributed by atoms with Gasteiger partial charge in [0.25, 0.3) is 0 Å². The van der Waals surface area contributed by atoms with E-state index in [1.54, 1.807) is 24.5 Å². The van der Waals surface area contributed by atoms with Crippen LogP contribution in [-0.4, -0.2) is 11.8 Å². The van der Waals surface area contributed by atoms with Gasteiger partial charge in [0.15, 0.2) is 18.2 Å². The van der Waals surface area contributed by atoms with Gasteiger partial charge in [0.1, 0.15) is 5.92 Å². The Hall–Kier alpha value is -3.47. The van der Waals surface area contributed by atoms with Gasteiger partial charge in [-0.1, -0.05) is 65.8 Å². The van der Waals surface area contributed by atoms with E-state index in [1.165, 1.54) is 0 Å². The van der Waals surface area contributed by atoms with Crippen molar-refractivity contribution in [3.63, 3.8) is 0 Å². The van der Waals surface area contributed by atoms with E-state index in [-0.39, 0.29) is 5.84 Å². The van der Waals surface area contributed by atoms with E-state index in [4.69, 9.17) is 10.6 Å². The maximum atomic E-state index is 12.7. The van der Waals surface area contributed by atoms with Gasteiger partial charge in [-0.25, -0.2) is 9.78 Å². The summed E-state index contributed by atoms with van der Waals surface area (Å²) in [6, 6.07) is 22.4. The summed E-state index contributed by atoms with van der Waals surface area (Å²) in [4.78, 5) is 20.7. The molecule has 124 valence electrons. The molecule has 3 N–H and O–H groups in total. The molecule has 0 unspecified atom stereocenters. The Kier molecular flexibility index (Phi) is 5.16. The third kappa shape index (κ3) is 4.09.